The second-order valence-corrected chi connectivity index (χ2v) is 10.2. The monoisotopic (exact) mass is 332 g/mol. The molecule has 88 valence electrons. The van der Waals surface area contributed by atoms with Crippen LogP contribution in [-0.2, 0) is 0 Å². The van der Waals surface area contributed by atoms with E-state index < -0.39 is 5.32 Å². The Balaban J connectivity index is 2.07. The van der Waals surface area contributed by atoms with Gasteiger partial charge in [-0.1, -0.05) is 0 Å². The van der Waals surface area contributed by atoms with Gasteiger partial charge in [0.25, 0.3) is 0 Å². The van der Waals surface area contributed by atoms with Crippen molar-refractivity contribution in [2.24, 2.45) is 0 Å². The van der Waals surface area contributed by atoms with Crippen molar-refractivity contribution in [3.63, 3.8) is 0 Å². The summed E-state index contributed by atoms with van der Waals surface area (Å²) >= 11 is 9.00. The number of hydrogen-bond acceptors (Lipinski definition) is 2. The van der Waals surface area contributed by atoms with Crippen LogP contribution < -0.4 is 9.05 Å². The molecule has 2 aromatic carbocycles. The van der Waals surface area contributed by atoms with E-state index in [1.165, 1.54) is 0 Å². The molecular weight excluding hydrogens is 322 g/mol. The number of halogens is 1. The first-order chi connectivity index (χ1) is 8.16. The summed E-state index contributed by atoms with van der Waals surface area (Å²) in [4.78, 5) is 0. The zero-order chi connectivity index (χ0) is 12.1. The zero-order valence-corrected chi connectivity index (χ0v) is 12.2. The van der Waals surface area contributed by atoms with Crippen molar-refractivity contribution in [2.75, 3.05) is 0 Å². The molecule has 0 saturated heterocycles. The quantitative estimate of drug-likeness (QED) is 0.616. The molecule has 2 rings (SSSR count). The van der Waals surface area contributed by atoms with Crippen molar-refractivity contribution in [1.29, 1.82) is 0 Å². The maximum absolute atomic E-state index is 6.22. The van der Waals surface area contributed by atoms with Crippen LogP contribution in [0.5, 0.6) is 11.5 Å². The molecule has 0 unspecified atom stereocenters. The SMILES string of the molecule is ClP(=[Se])(Oc1ccccc1)Oc1ccccc1. The van der Waals surface area contributed by atoms with Crippen LogP contribution in [0.1, 0.15) is 0 Å². The number of benzene rings is 2. The molecule has 0 spiro atoms. The van der Waals surface area contributed by atoms with Gasteiger partial charge in [0.1, 0.15) is 0 Å². The minimum atomic E-state index is -2.54. The van der Waals surface area contributed by atoms with Crippen molar-refractivity contribution in [3.8, 4) is 11.5 Å². The van der Waals surface area contributed by atoms with Gasteiger partial charge < -0.3 is 0 Å². The van der Waals surface area contributed by atoms with E-state index in [-0.39, 0.29) is 0 Å². The van der Waals surface area contributed by atoms with Gasteiger partial charge in [-0.2, -0.15) is 0 Å². The molecule has 2 aromatic rings. The van der Waals surface area contributed by atoms with E-state index in [0.29, 0.717) is 11.5 Å². The second-order valence-electron chi connectivity index (χ2n) is 3.24. The summed E-state index contributed by atoms with van der Waals surface area (Å²) in [5.74, 6) is 1.37. The molecule has 0 aromatic heterocycles. The van der Waals surface area contributed by atoms with E-state index in [4.69, 9.17) is 20.3 Å². The van der Waals surface area contributed by atoms with Crippen LogP contribution in [0.15, 0.2) is 60.7 Å². The van der Waals surface area contributed by atoms with Crippen molar-refractivity contribution >= 4 is 31.7 Å². The summed E-state index contributed by atoms with van der Waals surface area (Å²) in [5.41, 5.74) is 0. The van der Waals surface area contributed by atoms with Crippen molar-refractivity contribution < 1.29 is 9.05 Å². The molecule has 0 aliphatic heterocycles. The molecule has 0 saturated carbocycles. The fourth-order valence-corrected chi connectivity index (χ4v) is 3.58. The molecule has 0 N–H and O–H groups in total. The zero-order valence-electron chi connectivity index (χ0n) is 8.82. The topological polar surface area (TPSA) is 18.5 Å². The second kappa shape index (κ2) is 5.75. The molecule has 0 aliphatic carbocycles. The Kier molecular flexibility index (Phi) is 4.30. The van der Waals surface area contributed by atoms with Crippen LogP contribution in [0.2, 0.25) is 0 Å². The van der Waals surface area contributed by atoms with Gasteiger partial charge in [0.05, 0.1) is 0 Å². The van der Waals surface area contributed by atoms with E-state index in [1.54, 1.807) is 0 Å². The minimum absolute atomic E-state index is 0.686. The Morgan fingerprint density at radius 2 is 1.12 bits per heavy atom. The van der Waals surface area contributed by atoms with E-state index >= 15 is 0 Å². The Hall–Kier alpha value is -0.721. The summed E-state index contributed by atoms with van der Waals surface area (Å²) in [5, 5.41) is -2.54. The fourth-order valence-electron chi connectivity index (χ4n) is 1.23. The summed E-state index contributed by atoms with van der Waals surface area (Å²) in [7, 11) is 0. The van der Waals surface area contributed by atoms with Gasteiger partial charge in [-0.3, -0.25) is 0 Å². The standard InChI is InChI=1S/C12H10ClO2PSe/c13-16(17,14-11-7-3-1-4-8-11)15-12-9-5-2-6-10-12/h1-10H. The molecule has 0 bridgehead atoms. The van der Waals surface area contributed by atoms with Gasteiger partial charge in [-0.05, 0) is 0 Å². The third-order valence-electron chi connectivity index (χ3n) is 1.92. The third kappa shape index (κ3) is 4.22. The molecule has 0 amide bonds. The van der Waals surface area contributed by atoms with Crippen LogP contribution in [0.25, 0.3) is 0 Å². The van der Waals surface area contributed by atoms with Crippen molar-refractivity contribution in [2.45, 2.75) is 0 Å². The average molecular weight is 332 g/mol. The summed E-state index contributed by atoms with van der Waals surface area (Å²) in [6, 6.07) is 18.7. The van der Waals surface area contributed by atoms with Gasteiger partial charge in [0.2, 0.25) is 0 Å². The van der Waals surface area contributed by atoms with Crippen molar-refractivity contribution in [3.05, 3.63) is 60.7 Å². The van der Waals surface area contributed by atoms with E-state index in [1.807, 2.05) is 60.7 Å². The summed E-state index contributed by atoms with van der Waals surface area (Å²) in [6.45, 7) is 0. The van der Waals surface area contributed by atoms with Crippen molar-refractivity contribution in [1.82, 2.24) is 0 Å². The van der Waals surface area contributed by atoms with Gasteiger partial charge >= 0.3 is 113 Å². The molecule has 2 nitrogen and oxygen atoms in total. The Labute approximate surface area is 113 Å². The molecule has 0 fully saturated rings. The molecule has 0 atom stereocenters. The summed E-state index contributed by atoms with van der Waals surface area (Å²) in [6.07, 6.45) is 0. The predicted molar refractivity (Wildman–Crippen MR) is 72.7 cm³/mol. The van der Waals surface area contributed by atoms with Crippen LogP contribution in [0.4, 0.5) is 0 Å². The van der Waals surface area contributed by atoms with Crippen LogP contribution >= 0.6 is 16.6 Å². The number of hydrogen-bond donors (Lipinski definition) is 0. The first-order valence-electron chi connectivity index (χ1n) is 4.95. The Bertz CT molecular complexity index is 473. The summed E-state index contributed by atoms with van der Waals surface area (Å²) < 4.78 is 11.2. The maximum atomic E-state index is 6.22. The van der Waals surface area contributed by atoms with Gasteiger partial charge in [-0.25, -0.2) is 0 Å². The van der Waals surface area contributed by atoms with Crippen LogP contribution in [-0.4, -0.2) is 15.1 Å². The Morgan fingerprint density at radius 3 is 1.47 bits per heavy atom. The number of rotatable bonds is 4. The first kappa shape index (κ1) is 12.7. The van der Waals surface area contributed by atoms with E-state index in [9.17, 15) is 0 Å². The fraction of sp³-hybridized carbons (Fsp3) is 0. The van der Waals surface area contributed by atoms with Gasteiger partial charge in [-0.15, -0.1) is 0 Å². The molecular formula is C12H10ClO2PSe. The van der Waals surface area contributed by atoms with Gasteiger partial charge in [0.15, 0.2) is 0 Å². The molecule has 0 heterocycles. The molecule has 0 aliphatic rings. The van der Waals surface area contributed by atoms with E-state index in [0.717, 1.165) is 0 Å². The normalized spacial score (nSPS) is 10.9. The van der Waals surface area contributed by atoms with Crippen LogP contribution in [0.3, 0.4) is 0 Å². The Morgan fingerprint density at radius 1 is 0.765 bits per heavy atom. The van der Waals surface area contributed by atoms with Crippen LogP contribution in [0, 0.1) is 0 Å². The van der Waals surface area contributed by atoms with E-state index in [2.05, 4.69) is 15.1 Å². The predicted octanol–water partition coefficient (Wildman–Crippen LogP) is 4.23. The molecule has 0 radical (unpaired) electrons. The molecule has 5 heteroatoms. The number of para-hydroxylation sites is 2. The first-order valence-corrected chi connectivity index (χ1v) is 9.69. The molecule has 17 heavy (non-hydrogen) atoms. The average Bonchev–Trinajstić information content (AvgIpc) is 2.30. The third-order valence-corrected chi connectivity index (χ3v) is 4.13. The van der Waals surface area contributed by atoms with Gasteiger partial charge in [0, 0.05) is 0 Å².